The molecule has 3 rings (SSSR count). The molecule has 21 heavy (non-hydrogen) atoms. The lowest BCUT2D eigenvalue weighted by Crippen LogP contribution is -2.27. The Morgan fingerprint density at radius 2 is 2.19 bits per heavy atom. The van der Waals surface area contributed by atoms with Crippen molar-refractivity contribution in [3.05, 3.63) is 30.4 Å². The average Bonchev–Trinajstić information content (AvgIpc) is 3.14. The molecule has 1 saturated carbocycles. The fourth-order valence-corrected chi connectivity index (χ4v) is 2.96. The molecule has 2 unspecified atom stereocenters. The van der Waals surface area contributed by atoms with Gasteiger partial charge in [-0.15, -0.1) is 0 Å². The molecule has 2 atom stereocenters. The number of aromatic nitrogens is 3. The molecule has 0 radical (unpaired) electrons. The van der Waals surface area contributed by atoms with E-state index in [0.29, 0.717) is 17.6 Å². The Morgan fingerprint density at radius 1 is 1.38 bits per heavy atom. The normalized spacial score (nSPS) is 25.3. The molecule has 2 aromatic rings. The van der Waals surface area contributed by atoms with Crippen LogP contribution in [0.5, 0.6) is 0 Å². The highest BCUT2D eigenvalue weighted by Gasteiger charge is 2.44. The molecule has 2 aromatic heterocycles. The molecule has 112 valence electrons. The number of pyridine rings is 1. The molecule has 2 heterocycles. The highest BCUT2D eigenvalue weighted by molar-refractivity contribution is 5.52. The topological polar surface area (TPSA) is 61.0 Å². The van der Waals surface area contributed by atoms with Gasteiger partial charge in [-0.1, -0.05) is 19.0 Å². The summed E-state index contributed by atoms with van der Waals surface area (Å²) in [7, 11) is 0. The summed E-state index contributed by atoms with van der Waals surface area (Å²) in [6.45, 7) is 5.08. The summed E-state index contributed by atoms with van der Waals surface area (Å²) >= 11 is 0. The first-order chi connectivity index (χ1) is 10.2. The monoisotopic (exact) mass is 287 g/mol. The van der Waals surface area contributed by atoms with Gasteiger partial charge < -0.3 is 9.26 Å². The highest BCUT2D eigenvalue weighted by atomic mass is 16.5. The highest BCUT2D eigenvalue weighted by Crippen LogP contribution is 2.44. The second-order valence-corrected chi connectivity index (χ2v) is 5.85. The van der Waals surface area contributed by atoms with Crippen molar-refractivity contribution < 1.29 is 9.26 Å². The maximum absolute atomic E-state index is 6.14. The van der Waals surface area contributed by atoms with Gasteiger partial charge in [0, 0.05) is 24.6 Å². The third-order valence-electron chi connectivity index (χ3n) is 4.06. The first kappa shape index (κ1) is 14.2. The maximum atomic E-state index is 6.14. The molecule has 1 aliphatic carbocycles. The smallest absolute Gasteiger partial charge is 0.259 e. The van der Waals surface area contributed by atoms with Crippen molar-refractivity contribution in [2.24, 2.45) is 5.92 Å². The SMILES string of the molecule is CCCOC1(c2nc(-c3ccncc3)no2)CCC(C)C1. The Morgan fingerprint density at radius 3 is 2.86 bits per heavy atom. The number of ether oxygens (including phenoxy) is 1. The third-order valence-corrected chi connectivity index (χ3v) is 4.06. The van der Waals surface area contributed by atoms with Gasteiger partial charge in [0.15, 0.2) is 0 Å². The van der Waals surface area contributed by atoms with E-state index in [1.807, 2.05) is 12.1 Å². The van der Waals surface area contributed by atoms with Gasteiger partial charge >= 0.3 is 0 Å². The predicted octanol–water partition coefficient (Wildman–Crippen LogP) is 3.57. The lowest BCUT2D eigenvalue weighted by molar-refractivity contribution is -0.0689. The van der Waals surface area contributed by atoms with Crippen LogP contribution in [-0.4, -0.2) is 21.7 Å². The summed E-state index contributed by atoms with van der Waals surface area (Å²) in [6.07, 6.45) is 7.48. The van der Waals surface area contributed by atoms with Crippen LogP contribution < -0.4 is 0 Å². The van der Waals surface area contributed by atoms with Gasteiger partial charge in [0.2, 0.25) is 5.82 Å². The van der Waals surface area contributed by atoms with Crippen LogP contribution in [0.25, 0.3) is 11.4 Å². The lowest BCUT2D eigenvalue weighted by atomic mass is 10.00. The van der Waals surface area contributed by atoms with Crippen LogP contribution in [-0.2, 0) is 10.3 Å². The molecule has 0 N–H and O–H groups in total. The van der Waals surface area contributed by atoms with Gasteiger partial charge in [-0.3, -0.25) is 4.98 Å². The standard InChI is InChI=1S/C16H21N3O2/c1-3-10-20-16(7-4-12(2)11-16)15-18-14(19-21-15)13-5-8-17-9-6-13/h5-6,8-9,12H,3-4,7,10-11H2,1-2H3. The van der Waals surface area contributed by atoms with E-state index < -0.39 is 5.60 Å². The first-order valence-electron chi connectivity index (χ1n) is 7.62. The van der Waals surface area contributed by atoms with Crippen LogP contribution in [0.2, 0.25) is 0 Å². The molecule has 5 heteroatoms. The molecule has 0 saturated heterocycles. The summed E-state index contributed by atoms with van der Waals surface area (Å²) < 4.78 is 11.7. The van der Waals surface area contributed by atoms with E-state index in [2.05, 4.69) is 29.0 Å². The van der Waals surface area contributed by atoms with Crippen LogP contribution in [0.4, 0.5) is 0 Å². The molecule has 0 spiro atoms. The zero-order valence-electron chi connectivity index (χ0n) is 12.6. The van der Waals surface area contributed by atoms with Gasteiger partial charge in [0.1, 0.15) is 5.60 Å². The van der Waals surface area contributed by atoms with Crippen molar-refractivity contribution in [1.82, 2.24) is 15.1 Å². The quantitative estimate of drug-likeness (QED) is 0.841. The fraction of sp³-hybridized carbons (Fsp3) is 0.562. The molecule has 1 aliphatic rings. The van der Waals surface area contributed by atoms with Gasteiger partial charge in [-0.25, -0.2) is 0 Å². The van der Waals surface area contributed by atoms with Crippen LogP contribution in [0.3, 0.4) is 0 Å². The first-order valence-corrected chi connectivity index (χ1v) is 7.62. The summed E-state index contributed by atoms with van der Waals surface area (Å²) in [5.74, 6) is 1.84. The largest absolute Gasteiger partial charge is 0.365 e. The predicted molar refractivity (Wildman–Crippen MR) is 78.5 cm³/mol. The van der Waals surface area contributed by atoms with Gasteiger partial charge in [0.05, 0.1) is 0 Å². The minimum absolute atomic E-state index is 0.395. The van der Waals surface area contributed by atoms with E-state index >= 15 is 0 Å². The lowest BCUT2D eigenvalue weighted by Gasteiger charge is -2.25. The van der Waals surface area contributed by atoms with E-state index in [0.717, 1.165) is 37.9 Å². The molecule has 0 bridgehead atoms. The minimum atomic E-state index is -0.395. The zero-order valence-corrected chi connectivity index (χ0v) is 12.6. The Kier molecular flexibility index (Phi) is 4.01. The van der Waals surface area contributed by atoms with Crippen LogP contribution in [0, 0.1) is 5.92 Å². The minimum Gasteiger partial charge on any atom is -0.365 e. The van der Waals surface area contributed by atoms with Crippen molar-refractivity contribution in [2.75, 3.05) is 6.61 Å². The van der Waals surface area contributed by atoms with Crippen LogP contribution in [0.15, 0.2) is 29.0 Å². The third kappa shape index (κ3) is 2.83. The van der Waals surface area contributed by atoms with Crippen molar-refractivity contribution in [1.29, 1.82) is 0 Å². The molecular formula is C16H21N3O2. The van der Waals surface area contributed by atoms with E-state index in [1.54, 1.807) is 12.4 Å². The summed E-state index contributed by atoms with van der Waals surface area (Å²) in [6, 6.07) is 3.76. The second kappa shape index (κ2) is 5.93. The van der Waals surface area contributed by atoms with E-state index in [9.17, 15) is 0 Å². The zero-order chi connectivity index (χ0) is 14.7. The number of hydrogen-bond donors (Lipinski definition) is 0. The van der Waals surface area contributed by atoms with Crippen molar-refractivity contribution >= 4 is 0 Å². The van der Waals surface area contributed by atoms with Crippen LogP contribution in [0.1, 0.15) is 45.4 Å². The molecule has 0 amide bonds. The van der Waals surface area contributed by atoms with Gasteiger partial charge in [-0.05, 0) is 43.7 Å². The summed E-state index contributed by atoms with van der Waals surface area (Å²) in [5, 5.41) is 4.12. The number of nitrogens with zero attached hydrogens (tertiary/aromatic N) is 3. The molecule has 0 aliphatic heterocycles. The molecule has 1 fully saturated rings. The van der Waals surface area contributed by atoms with Crippen molar-refractivity contribution in [2.45, 2.75) is 45.1 Å². The van der Waals surface area contributed by atoms with E-state index in [1.165, 1.54) is 0 Å². The average molecular weight is 287 g/mol. The Bertz CT molecular complexity index is 584. The Balaban J connectivity index is 1.89. The van der Waals surface area contributed by atoms with E-state index in [4.69, 9.17) is 9.26 Å². The van der Waals surface area contributed by atoms with Crippen molar-refractivity contribution in [3.8, 4) is 11.4 Å². The summed E-state index contributed by atoms with van der Waals surface area (Å²) in [5.41, 5.74) is 0.518. The molecule has 5 nitrogen and oxygen atoms in total. The summed E-state index contributed by atoms with van der Waals surface area (Å²) in [4.78, 5) is 8.60. The van der Waals surface area contributed by atoms with Crippen LogP contribution >= 0.6 is 0 Å². The number of hydrogen-bond acceptors (Lipinski definition) is 5. The van der Waals surface area contributed by atoms with Gasteiger partial charge in [-0.2, -0.15) is 4.98 Å². The Hall–Kier alpha value is -1.75. The Labute approximate surface area is 124 Å². The number of rotatable bonds is 5. The molecule has 0 aromatic carbocycles. The van der Waals surface area contributed by atoms with E-state index in [-0.39, 0.29) is 0 Å². The van der Waals surface area contributed by atoms with Gasteiger partial charge in [0.25, 0.3) is 5.89 Å². The molecular weight excluding hydrogens is 266 g/mol. The van der Waals surface area contributed by atoms with Crippen molar-refractivity contribution in [3.63, 3.8) is 0 Å². The maximum Gasteiger partial charge on any atom is 0.259 e. The fourth-order valence-electron chi connectivity index (χ4n) is 2.96. The second-order valence-electron chi connectivity index (χ2n) is 5.85.